The lowest BCUT2D eigenvalue weighted by atomic mass is 10.2. The minimum Gasteiger partial charge on any atom is -0.346 e. The average Bonchev–Trinajstić information content (AvgIpc) is 2.29. The third kappa shape index (κ3) is 3.70. The molecule has 7 heteroatoms. The molecule has 5 nitrogen and oxygen atoms in total. The smallest absolute Gasteiger partial charge is 0.277 e. The second-order valence-electron chi connectivity index (χ2n) is 3.73. The summed E-state index contributed by atoms with van der Waals surface area (Å²) in [6.45, 7) is 1.66. The summed E-state index contributed by atoms with van der Waals surface area (Å²) in [6.07, 6.45) is 0. The first-order valence-corrected chi connectivity index (χ1v) is 5.03. The molecule has 0 atom stereocenters. The maximum Gasteiger partial charge on any atom is 0.277 e. The number of aromatic nitrogens is 2. The Morgan fingerprint density at radius 3 is 2.71 bits per heavy atom. The van der Waals surface area contributed by atoms with E-state index in [1.807, 2.05) is 0 Å². The Morgan fingerprint density at radius 1 is 1.47 bits per heavy atom. The fourth-order valence-electron chi connectivity index (χ4n) is 1.16. The molecule has 0 saturated carbocycles. The molecule has 0 radical (unpaired) electrons. The van der Waals surface area contributed by atoms with E-state index in [0.29, 0.717) is 11.4 Å². The van der Waals surface area contributed by atoms with Crippen molar-refractivity contribution in [2.24, 2.45) is 5.73 Å². The van der Waals surface area contributed by atoms with Crippen molar-refractivity contribution in [2.75, 3.05) is 13.1 Å². The van der Waals surface area contributed by atoms with Crippen molar-refractivity contribution in [1.29, 1.82) is 0 Å². The maximum atomic E-state index is 12.8. The summed E-state index contributed by atoms with van der Waals surface area (Å²) >= 11 is 0. The van der Waals surface area contributed by atoms with Crippen LogP contribution in [-0.2, 0) is 0 Å². The number of hydrogen-bond donors (Lipinski definition) is 2. The molecule has 0 aliphatic carbocycles. The number of amides is 1. The maximum absolute atomic E-state index is 12.8. The van der Waals surface area contributed by atoms with Gasteiger partial charge in [-0.05, 0) is 19.9 Å². The molecule has 3 N–H and O–H groups in total. The van der Waals surface area contributed by atoms with Crippen LogP contribution in [0.3, 0.4) is 0 Å². The first-order chi connectivity index (χ1) is 7.85. The normalized spacial score (nSPS) is 11.4. The molecule has 1 aromatic rings. The molecule has 0 fully saturated rings. The van der Waals surface area contributed by atoms with Crippen LogP contribution in [0.5, 0.6) is 0 Å². The summed E-state index contributed by atoms with van der Waals surface area (Å²) < 4.78 is 25.7. The van der Waals surface area contributed by atoms with Gasteiger partial charge in [-0.15, -0.1) is 0 Å². The zero-order valence-corrected chi connectivity index (χ0v) is 9.63. The quantitative estimate of drug-likeness (QED) is 0.804. The van der Waals surface area contributed by atoms with Crippen LogP contribution >= 0.6 is 0 Å². The van der Waals surface area contributed by atoms with E-state index in [4.69, 9.17) is 5.73 Å². The van der Waals surface area contributed by atoms with Crippen molar-refractivity contribution in [3.05, 3.63) is 23.0 Å². The Kier molecular flexibility index (Phi) is 4.06. The molecule has 17 heavy (non-hydrogen) atoms. The minimum absolute atomic E-state index is 0.241. The molecule has 1 amide bonds. The lowest BCUT2D eigenvalue weighted by Gasteiger charge is -2.14. The number of carbonyl (C=O) groups is 1. The monoisotopic (exact) mass is 244 g/mol. The van der Waals surface area contributed by atoms with Gasteiger partial charge in [0.1, 0.15) is 0 Å². The summed E-state index contributed by atoms with van der Waals surface area (Å²) in [4.78, 5) is 11.6. The van der Waals surface area contributed by atoms with Crippen molar-refractivity contribution in [3.63, 3.8) is 0 Å². The number of alkyl halides is 2. The van der Waals surface area contributed by atoms with Crippen LogP contribution < -0.4 is 11.1 Å². The first kappa shape index (κ1) is 13.4. The van der Waals surface area contributed by atoms with Crippen LogP contribution in [0.4, 0.5) is 8.78 Å². The third-order valence-corrected chi connectivity index (χ3v) is 2.15. The molecule has 0 aliphatic heterocycles. The van der Waals surface area contributed by atoms with Crippen LogP contribution in [0.1, 0.15) is 21.7 Å². The molecule has 0 unspecified atom stereocenters. The van der Waals surface area contributed by atoms with Crippen molar-refractivity contribution in [2.45, 2.75) is 19.8 Å². The Balaban J connectivity index is 2.74. The average molecular weight is 244 g/mol. The highest BCUT2D eigenvalue weighted by Gasteiger charge is 2.27. The first-order valence-electron chi connectivity index (χ1n) is 5.03. The van der Waals surface area contributed by atoms with Gasteiger partial charge in [0.05, 0.1) is 30.0 Å². The molecule has 1 rings (SSSR count). The number of carbonyl (C=O) groups excluding carboxylic acids is 1. The van der Waals surface area contributed by atoms with E-state index in [2.05, 4.69) is 15.5 Å². The fourth-order valence-corrected chi connectivity index (χ4v) is 1.16. The van der Waals surface area contributed by atoms with Crippen molar-refractivity contribution >= 4 is 5.91 Å². The Morgan fingerprint density at radius 2 is 2.12 bits per heavy atom. The number of rotatable bonds is 4. The van der Waals surface area contributed by atoms with Gasteiger partial charge in [0, 0.05) is 0 Å². The van der Waals surface area contributed by atoms with Crippen LogP contribution in [0.2, 0.25) is 0 Å². The van der Waals surface area contributed by atoms with E-state index in [1.165, 1.54) is 6.07 Å². The van der Waals surface area contributed by atoms with Crippen molar-refractivity contribution in [3.8, 4) is 0 Å². The van der Waals surface area contributed by atoms with E-state index in [9.17, 15) is 13.6 Å². The zero-order chi connectivity index (χ0) is 13.1. The predicted molar refractivity (Wildman–Crippen MR) is 57.8 cm³/mol. The highest BCUT2D eigenvalue weighted by atomic mass is 19.3. The van der Waals surface area contributed by atoms with Gasteiger partial charge in [-0.3, -0.25) is 4.79 Å². The molecule has 1 aromatic heterocycles. The summed E-state index contributed by atoms with van der Waals surface area (Å²) in [7, 11) is 0. The second kappa shape index (κ2) is 5.13. The predicted octanol–water partition coefficient (Wildman–Crippen LogP) is 0.417. The molecule has 0 bridgehead atoms. The van der Waals surface area contributed by atoms with Gasteiger partial charge in [0.25, 0.3) is 11.8 Å². The van der Waals surface area contributed by atoms with E-state index >= 15 is 0 Å². The number of nitrogens with zero attached hydrogens (tertiary/aromatic N) is 2. The molecule has 0 aromatic carbocycles. The molecule has 0 spiro atoms. The number of aryl methyl sites for hydroxylation is 2. The van der Waals surface area contributed by atoms with Crippen LogP contribution in [-0.4, -0.2) is 35.1 Å². The highest BCUT2D eigenvalue weighted by Crippen LogP contribution is 2.10. The standard InChI is InChI=1S/C10H14F2N4O/c1-6-3-8(7(2)16-15-6)9(17)14-5-10(11,12)4-13/h3H,4-5,13H2,1-2H3,(H,14,17). The number of nitrogens with one attached hydrogen (secondary N) is 1. The Labute approximate surface area is 97.4 Å². The zero-order valence-electron chi connectivity index (χ0n) is 9.63. The molecular formula is C10H14F2N4O. The van der Waals surface area contributed by atoms with Gasteiger partial charge < -0.3 is 11.1 Å². The number of hydrogen-bond acceptors (Lipinski definition) is 4. The summed E-state index contributed by atoms with van der Waals surface area (Å²) in [5.41, 5.74) is 6.04. The fraction of sp³-hybridized carbons (Fsp3) is 0.500. The van der Waals surface area contributed by atoms with Gasteiger partial charge in [-0.2, -0.15) is 10.2 Å². The highest BCUT2D eigenvalue weighted by molar-refractivity contribution is 5.95. The Hall–Kier alpha value is -1.63. The van der Waals surface area contributed by atoms with E-state index in [1.54, 1.807) is 13.8 Å². The summed E-state index contributed by atoms with van der Waals surface area (Å²) in [6, 6.07) is 1.50. The van der Waals surface area contributed by atoms with Gasteiger partial charge in [-0.1, -0.05) is 0 Å². The van der Waals surface area contributed by atoms with Crippen molar-refractivity contribution in [1.82, 2.24) is 15.5 Å². The molecule has 1 heterocycles. The van der Waals surface area contributed by atoms with Gasteiger partial charge >= 0.3 is 0 Å². The molecule has 0 saturated heterocycles. The second-order valence-corrected chi connectivity index (χ2v) is 3.73. The molecule has 0 aliphatic rings. The molecular weight excluding hydrogens is 230 g/mol. The van der Waals surface area contributed by atoms with Crippen LogP contribution in [0.15, 0.2) is 6.07 Å². The van der Waals surface area contributed by atoms with Gasteiger partial charge in [0.2, 0.25) is 0 Å². The SMILES string of the molecule is Cc1cc(C(=O)NCC(F)(F)CN)c(C)nn1. The lowest BCUT2D eigenvalue weighted by Crippen LogP contribution is -2.41. The lowest BCUT2D eigenvalue weighted by molar-refractivity contribution is 0.0118. The van der Waals surface area contributed by atoms with E-state index in [-0.39, 0.29) is 5.56 Å². The van der Waals surface area contributed by atoms with Gasteiger partial charge in [-0.25, -0.2) is 8.78 Å². The topological polar surface area (TPSA) is 80.9 Å². The summed E-state index contributed by atoms with van der Waals surface area (Å²) in [5, 5.41) is 9.61. The van der Waals surface area contributed by atoms with E-state index in [0.717, 1.165) is 0 Å². The van der Waals surface area contributed by atoms with Crippen molar-refractivity contribution < 1.29 is 13.6 Å². The van der Waals surface area contributed by atoms with E-state index < -0.39 is 24.9 Å². The number of halogens is 2. The van der Waals surface area contributed by atoms with Crippen LogP contribution in [0.25, 0.3) is 0 Å². The largest absolute Gasteiger partial charge is 0.346 e. The third-order valence-electron chi connectivity index (χ3n) is 2.15. The summed E-state index contributed by atoms with van der Waals surface area (Å²) in [5.74, 6) is -3.70. The van der Waals surface area contributed by atoms with Gasteiger partial charge in [0.15, 0.2) is 0 Å². The van der Waals surface area contributed by atoms with Crippen LogP contribution in [0, 0.1) is 13.8 Å². The number of nitrogens with two attached hydrogens (primary N) is 1. The molecule has 94 valence electrons. The minimum atomic E-state index is -3.10. The Bertz CT molecular complexity index is 423.